The van der Waals surface area contributed by atoms with Crippen LogP contribution >= 0.6 is 0 Å². The standard InChI is InChI=1S/C13H22N2O3/c1-9-2-4-13(18,5-3-9)8-15-12(17)10-6-11(16)14-7-10/h9-10,18H,2-8H2,1H3,(H,14,16)(H,15,17). The third-order valence-corrected chi connectivity index (χ3v) is 4.14. The molecule has 2 aliphatic rings. The number of nitrogens with one attached hydrogen (secondary N) is 2. The van der Waals surface area contributed by atoms with Crippen molar-refractivity contribution in [1.29, 1.82) is 0 Å². The SMILES string of the molecule is CC1CCC(O)(CNC(=O)C2CNC(=O)C2)CC1. The number of carbonyl (C=O) groups excluding carboxylic acids is 2. The van der Waals surface area contributed by atoms with Crippen molar-refractivity contribution >= 4 is 11.8 Å². The van der Waals surface area contributed by atoms with Gasteiger partial charge in [0.1, 0.15) is 0 Å². The van der Waals surface area contributed by atoms with Gasteiger partial charge >= 0.3 is 0 Å². The summed E-state index contributed by atoms with van der Waals surface area (Å²) >= 11 is 0. The molecular formula is C13H22N2O3. The van der Waals surface area contributed by atoms with Gasteiger partial charge in [0.25, 0.3) is 0 Å². The van der Waals surface area contributed by atoms with Gasteiger partial charge in [0.15, 0.2) is 0 Å². The summed E-state index contributed by atoms with van der Waals surface area (Å²) in [5.41, 5.74) is -0.752. The van der Waals surface area contributed by atoms with Crippen molar-refractivity contribution in [2.24, 2.45) is 11.8 Å². The average Bonchev–Trinajstić information content (AvgIpc) is 2.77. The Morgan fingerprint density at radius 2 is 2.17 bits per heavy atom. The lowest BCUT2D eigenvalue weighted by Crippen LogP contribution is -2.46. The third-order valence-electron chi connectivity index (χ3n) is 4.14. The maximum Gasteiger partial charge on any atom is 0.225 e. The second kappa shape index (κ2) is 5.26. The second-order valence-corrected chi connectivity index (χ2v) is 5.83. The molecular weight excluding hydrogens is 232 g/mol. The van der Waals surface area contributed by atoms with Crippen LogP contribution in [0.2, 0.25) is 0 Å². The molecule has 0 aromatic heterocycles. The summed E-state index contributed by atoms with van der Waals surface area (Å²) in [6.45, 7) is 2.91. The lowest BCUT2D eigenvalue weighted by atomic mass is 9.79. The van der Waals surface area contributed by atoms with Crippen molar-refractivity contribution < 1.29 is 14.7 Å². The predicted octanol–water partition coefficient (Wildman–Crippen LogP) is 0.180. The van der Waals surface area contributed by atoms with E-state index in [1.54, 1.807) is 0 Å². The van der Waals surface area contributed by atoms with Crippen molar-refractivity contribution in [3.63, 3.8) is 0 Å². The minimum atomic E-state index is -0.752. The highest BCUT2D eigenvalue weighted by molar-refractivity contribution is 5.89. The summed E-state index contributed by atoms with van der Waals surface area (Å²) in [7, 11) is 0. The molecule has 0 radical (unpaired) electrons. The first-order chi connectivity index (χ1) is 8.48. The van der Waals surface area contributed by atoms with Gasteiger partial charge in [-0.1, -0.05) is 6.92 Å². The molecule has 0 aromatic rings. The summed E-state index contributed by atoms with van der Waals surface area (Å²) in [5, 5.41) is 15.8. The highest BCUT2D eigenvalue weighted by Crippen LogP contribution is 2.31. The van der Waals surface area contributed by atoms with Crippen LogP contribution in [0.1, 0.15) is 39.0 Å². The zero-order valence-electron chi connectivity index (χ0n) is 10.9. The first-order valence-corrected chi connectivity index (χ1v) is 6.75. The van der Waals surface area contributed by atoms with Gasteiger partial charge < -0.3 is 15.7 Å². The van der Waals surface area contributed by atoms with Crippen LogP contribution in [0, 0.1) is 11.8 Å². The van der Waals surface area contributed by atoms with Gasteiger partial charge in [-0.15, -0.1) is 0 Å². The smallest absolute Gasteiger partial charge is 0.225 e. The summed E-state index contributed by atoms with van der Waals surface area (Å²) < 4.78 is 0. The molecule has 1 unspecified atom stereocenters. The van der Waals surface area contributed by atoms with E-state index in [9.17, 15) is 14.7 Å². The number of carbonyl (C=O) groups is 2. The van der Waals surface area contributed by atoms with E-state index < -0.39 is 5.60 Å². The topological polar surface area (TPSA) is 78.4 Å². The van der Waals surface area contributed by atoms with Crippen LogP contribution in [-0.4, -0.2) is 35.6 Å². The quantitative estimate of drug-likeness (QED) is 0.672. The van der Waals surface area contributed by atoms with Gasteiger partial charge in [0.05, 0.1) is 11.5 Å². The zero-order chi connectivity index (χ0) is 13.2. The molecule has 1 saturated heterocycles. The van der Waals surface area contributed by atoms with E-state index in [1.807, 2.05) is 0 Å². The summed E-state index contributed by atoms with van der Waals surface area (Å²) in [6, 6.07) is 0. The maximum atomic E-state index is 11.8. The maximum absolute atomic E-state index is 11.8. The van der Waals surface area contributed by atoms with E-state index >= 15 is 0 Å². The highest BCUT2D eigenvalue weighted by atomic mass is 16.3. The molecule has 18 heavy (non-hydrogen) atoms. The molecule has 0 spiro atoms. The highest BCUT2D eigenvalue weighted by Gasteiger charge is 2.34. The Labute approximate surface area is 107 Å². The molecule has 5 nitrogen and oxygen atoms in total. The van der Waals surface area contributed by atoms with Gasteiger partial charge in [-0.25, -0.2) is 0 Å². The number of amides is 2. The number of rotatable bonds is 3. The van der Waals surface area contributed by atoms with Crippen LogP contribution in [0.5, 0.6) is 0 Å². The molecule has 5 heteroatoms. The fraction of sp³-hybridized carbons (Fsp3) is 0.846. The number of hydrogen-bond acceptors (Lipinski definition) is 3. The third kappa shape index (κ3) is 3.22. The minimum Gasteiger partial charge on any atom is -0.388 e. The molecule has 2 fully saturated rings. The summed E-state index contributed by atoms with van der Waals surface area (Å²) in [5.74, 6) is 0.196. The first-order valence-electron chi connectivity index (χ1n) is 6.75. The number of hydrogen-bond donors (Lipinski definition) is 3. The first kappa shape index (κ1) is 13.3. The molecule has 0 bridgehead atoms. The van der Waals surface area contributed by atoms with Crippen LogP contribution in [-0.2, 0) is 9.59 Å². The molecule has 2 rings (SSSR count). The Hall–Kier alpha value is -1.10. The van der Waals surface area contributed by atoms with Crippen molar-refractivity contribution in [1.82, 2.24) is 10.6 Å². The molecule has 1 atom stereocenters. The molecule has 1 aliphatic heterocycles. The van der Waals surface area contributed by atoms with Gasteiger partial charge in [-0.2, -0.15) is 0 Å². The van der Waals surface area contributed by atoms with E-state index in [2.05, 4.69) is 17.6 Å². The van der Waals surface area contributed by atoms with Crippen LogP contribution in [0.25, 0.3) is 0 Å². The lowest BCUT2D eigenvalue weighted by Gasteiger charge is -2.35. The van der Waals surface area contributed by atoms with E-state index in [1.165, 1.54) is 0 Å². The molecule has 2 amide bonds. The number of aliphatic hydroxyl groups is 1. The van der Waals surface area contributed by atoms with Gasteiger partial charge in [-0.05, 0) is 31.6 Å². The predicted molar refractivity (Wildman–Crippen MR) is 66.7 cm³/mol. The van der Waals surface area contributed by atoms with Gasteiger partial charge in [0, 0.05) is 19.5 Å². The minimum absolute atomic E-state index is 0.0691. The van der Waals surface area contributed by atoms with Crippen LogP contribution in [0.4, 0.5) is 0 Å². The molecule has 102 valence electrons. The van der Waals surface area contributed by atoms with Crippen LogP contribution in [0.15, 0.2) is 0 Å². The summed E-state index contributed by atoms with van der Waals surface area (Å²) in [6.07, 6.45) is 3.78. The Morgan fingerprint density at radius 1 is 1.50 bits per heavy atom. The van der Waals surface area contributed by atoms with Crippen molar-refractivity contribution in [2.75, 3.05) is 13.1 Å². The van der Waals surface area contributed by atoms with E-state index in [4.69, 9.17) is 0 Å². The van der Waals surface area contributed by atoms with Gasteiger partial charge in [0.2, 0.25) is 11.8 Å². The fourth-order valence-electron chi connectivity index (χ4n) is 2.66. The lowest BCUT2D eigenvalue weighted by molar-refractivity contribution is -0.127. The summed E-state index contributed by atoms with van der Waals surface area (Å²) in [4.78, 5) is 22.8. The van der Waals surface area contributed by atoms with Crippen LogP contribution < -0.4 is 10.6 Å². The van der Waals surface area contributed by atoms with Gasteiger partial charge in [-0.3, -0.25) is 9.59 Å². The average molecular weight is 254 g/mol. The van der Waals surface area contributed by atoms with Crippen molar-refractivity contribution in [3.8, 4) is 0 Å². The Kier molecular flexibility index (Phi) is 3.90. The van der Waals surface area contributed by atoms with Crippen molar-refractivity contribution in [3.05, 3.63) is 0 Å². The molecule has 1 saturated carbocycles. The molecule has 3 N–H and O–H groups in total. The normalized spacial score (nSPS) is 36.2. The van der Waals surface area contributed by atoms with E-state index in [0.29, 0.717) is 19.0 Å². The molecule has 1 aliphatic carbocycles. The monoisotopic (exact) mass is 254 g/mol. The van der Waals surface area contributed by atoms with Crippen LogP contribution in [0.3, 0.4) is 0 Å². The molecule has 0 aromatic carbocycles. The zero-order valence-corrected chi connectivity index (χ0v) is 10.9. The Bertz CT molecular complexity index is 335. The second-order valence-electron chi connectivity index (χ2n) is 5.83. The van der Waals surface area contributed by atoms with E-state index in [-0.39, 0.29) is 24.2 Å². The van der Waals surface area contributed by atoms with Crippen molar-refractivity contribution in [2.45, 2.75) is 44.6 Å². The fourth-order valence-corrected chi connectivity index (χ4v) is 2.66. The Balaban J connectivity index is 1.77. The molecule has 1 heterocycles. The largest absolute Gasteiger partial charge is 0.388 e. The van der Waals surface area contributed by atoms with E-state index in [0.717, 1.165) is 25.7 Å². The Morgan fingerprint density at radius 3 is 2.72 bits per heavy atom.